The molecular formula is C21H28N4O4. The first-order valence-electron chi connectivity index (χ1n) is 9.60. The fourth-order valence-electron chi connectivity index (χ4n) is 2.91. The van der Waals surface area contributed by atoms with Gasteiger partial charge in [-0.3, -0.25) is 14.9 Å². The van der Waals surface area contributed by atoms with Crippen LogP contribution in [0.15, 0.2) is 30.3 Å². The number of nitrogens with one attached hydrogen (secondary N) is 2. The third-order valence-electron chi connectivity index (χ3n) is 4.36. The molecule has 3 amide bonds. The number of rotatable bonds is 7. The lowest BCUT2D eigenvalue weighted by molar-refractivity contribution is -0.154. The van der Waals surface area contributed by atoms with Crippen LogP contribution in [0.4, 0.5) is 4.79 Å². The Bertz CT molecular complexity index is 874. The Morgan fingerprint density at radius 2 is 1.76 bits per heavy atom. The molecule has 156 valence electrons. The van der Waals surface area contributed by atoms with Crippen LogP contribution in [-0.4, -0.2) is 39.8 Å². The Hall–Kier alpha value is -3.16. The number of amides is 3. The highest BCUT2D eigenvalue weighted by Gasteiger charge is 2.21. The number of hydrogen-bond acceptors (Lipinski definition) is 5. The van der Waals surface area contributed by atoms with Gasteiger partial charge >= 0.3 is 12.0 Å². The zero-order valence-electron chi connectivity index (χ0n) is 17.5. The lowest BCUT2D eigenvalue weighted by Gasteiger charge is -2.14. The summed E-state index contributed by atoms with van der Waals surface area (Å²) in [5.41, 5.74) is 3.72. The molecule has 2 aromatic rings. The Morgan fingerprint density at radius 3 is 2.38 bits per heavy atom. The fraction of sp³-hybridized carbons (Fsp3) is 0.429. The maximum atomic E-state index is 12.2. The van der Waals surface area contributed by atoms with Crippen LogP contribution in [-0.2, 0) is 20.7 Å². The van der Waals surface area contributed by atoms with Gasteiger partial charge in [-0.05, 0) is 58.7 Å². The molecular weight excluding hydrogens is 372 g/mol. The number of carbonyl (C=O) groups excluding carboxylic acids is 3. The fourth-order valence-corrected chi connectivity index (χ4v) is 2.91. The molecule has 0 radical (unpaired) electrons. The summed E-state index contributed by atoms with van der Waals surface area (Å²) in [6, 6.07) is 9.03. The summed E-state index contributed by atoms with van der Waals surface area (Å²) in [6.45, 7) is 8.84. The Labute approximate surface area is 170 Å². The number of benzene rings is 1. The summed E-state index contributed by atoms with van der Waals surface area (Å²) < 4.78 is 7.00. The van der Waals surface area contributed by atoms with E-state index in [9.17, 15) is 14.4 Å². The minimum atomic E-state index is -1.06. The largest absolute Gasteiger partial charge is 0.453 e. The van der Waals surface area contributed by atoms with Crippen molar-refractivity contribution in [2.45, 2.75) is 59.6 Å². The number of aryl methyl sites for hydroxylation is 1. The van der Waals surface area contributed by atoms with Gasteiger partial charge in [0.05, 0.1) is 11.4 Å². The number of carbonyl (C=O) groups is 3. The highest BCUT2D eigenvalue weighted by Crippen LogP contribution is 2.19. The molecule has 1 heterocycles. The van der Waals surface area contributed by atoms with Gasteiger partial charge in [-0.15, -0.1) is 0 Å². The lowest BCUT2D eigenvalue weighted by atomic mass is 10.1. The minimum Gasteiger partial charge on any atom is -0.453 e. The number of nitrogens with zero attached hydrogens (tertiary/aromatic N) is 2. The highest BCUT2D eigenvalue weighted by atomic mass is 16.5. The average Bonchev–Trinajstić information content (AvgIpc) is 2.93. The van der Waals surface area contributed by atoms with Gasteiger partial charge in [0.15, 0.2) is 6.10 Å². The van der Waals surface area contributed by atoms with E-state index in [1.807, 2.05) is 48.9 Å². The molecule has 0 saturated heterocycles. The number of para-hydroxylation sites is 1. The zero-order valence-corrected chi connectivity index (χ0v) is 17.5. The molecule has 0 aliphatic carbocycles. The Balaban J connectivity index is 1.92. The normalized spacial score (nSPS) is 11.8. The van der Waals surface area contributed by atoms with Crippen LogP contribution in [0.1, 0.15) is 44.1 Å². The van der Waals surface area contributed by atoms with E-state index in [-0.39, 0.29) is 12.5 Å². The van der Waals surface area contributed by atoms with E-state index in [1.54, 1.807) is 13.8 Å². The van der Waals surface area contributed by atoms with Crippen LogP contribution in [0.5, 0.6) is 0 Å². The molecule has 29 heavy (non-hydrogen) atoms. The number of urea groups is 1. The van der Waals surface area contributed by atoms with Crippen LogP contribution < -0.4 is 10.6 Å². The molecule has 2 rings (SSSR count). The second kappa shape index (κ2) is 9.86. The first kappa shape index (κ1) is 22.1. The van der Waals surface area contributed by atoms with Crippen molar-refractivity contribution < 1.29 is 19.1 Å². The van der Waals surface area contributed by atoms with Crippen LogP contribution >= 0.6 is 0 Å². The van der Waals surface area contributed by atoms with Crippen LogP contribution in [0, 0.1) is 13.8 Å². The number of aromatic nitrogens is 2. The molecule has 0 spiro atoms. The van der Waals surface area contributed by atoms with Gasteiger partial charge in [0.1, 0.15) is 0 Å². The zero-order chi connectivity index (χ0) is 21.6. The van der Waals surface area contributed by atoms with Crippen molar-refractivity contribution >= 4 is 17.9 Å². The number of hydrogen-bond donors (Lipinski definition) is 2. The van der Waals surface area contributed by atoms with Gasteiger partial charge in [0.2, 0.25) is 0 Å². The van der Waals surface area contributed by atoms with Crippen molar-refractivity contribution in [3.8, 4) is 5.69 Å². The lowest BCUT2D eigenvalue weighted by Crippen LogP contribution is -2.46. The van der Waals surface area contributed by atoms with E-state index in [0.29, 0.717) is 6.42 Å². The van der Waals surface area contributed by atoms with E-state index in [0.717, 1.165) is 22.6 Å². The summed E-state index contributed by atoms with van der Waals surface area (Å²) in [6.07, 6.45) is -0.502. The Morgan fingerprint density at radius 1 is 1.10 bits per heavy atom. The predicted octanol–water partition coefficient (Wildman–Crippen LogP) is 2.59. The molecule has 0 aliphatic heterocycles. The molecule has 2 N–H and O–H groups in total. The SMILES string of the molecule is Cc1nn(-c2ccccc2)c(C)c1CCC(=O)O[C@@H](C)C(=O)NC(=O)NC(C)C. The van der Waals surface area contributed by atoms with Gasteiger partial charge in [0.25, 0.3) is 5.91 Å². The van der Waals surface area contributed by atoms with Crippen molar-refractivity contribution in [3.63, 3.8) is 0 Å². The van der Waals surface area contributed by atoms with Gasteiger partial charge in [-0.2, -0.15) is 5.10 Å². The van der Waals surface area contributed by atoms with E-state index < -0.39 is 24.0 Å². The minimum absolute atomic E-state index is 0.107. The van der Waals surface area contributed by atoms with Gasteiger partial charge in [-0.1, -0.05) is 18.2 Å². The van der Waals surface area contributed by atoms with E-state index in [4.69, 9.17) is 4.74 Å². The first-order valence-corrected chi connectivity index (χ1v) is 9.60. The second-order valence-corrected chi connectivity index (χ2v) is 7.15. The summed E-state index contributed by atoms with van der Waals surface area (Å²) in [7, 11) is 0. The summed E-state index contributed by atoms with van der Waals surface area (Å²) in [5.74, 6) is -1.18. The quantitative estimate of drug-likeness (QED) is 0.696. The van der Waals surface area contributed by atoms with Crippen molar-refractivity contribution in [1.82, 2.24) is 20.4 Å². The number of esters is 1. The predicted molar refractivity (Wildman–Crippen MR) is 109 cm³/mol. The number of imide groups is 1. The first-order chi connectivity index (χ1) is 13.7. The van der Waals surface area contributed by atoms with Gasteiger partial charge in [0, 0.05) is 18.2 Å². The second-order valence-electron chi connectivity index (χ2n) is 7.15. The number of ether oxygens (including phenoxy) is 1. The molecule has 8 heteroatoms. The summed E-state index contributed by atoms with van der Waals surface area (Å²) in [5, 5.41) is 9.25. The highest BCUT2D eigenvalue weighted by molar-refractivity contribution is 5.97. The van der Waals surface area contributed by atoms with Crippen molar-refractivity contribution in [1.29, 1.82) is 0 Å². The van der Waals surface area contributed by atoms with Crippen LogP contribution in [0.3, 0.4) is 0 Å². The third kappa shape index (κ3) is 6.17. The molecule has 0 unspecified atom stereocenters. The molecule has 8 nitrogen and oxygen atoms in total. The van der Waals surface area contributed by atoms with E-state index in [1.165, 1.54) is 6.92 Å². The maximum Gasteiger partial charge on any atom is 0.321 e. The van der Waals surface area contributed by atoms with Crippen molar-refractivity contribution in [2.75, 3.05) is 0 Å². The molecule has 0 bridgehead atoms. The Kier molecular flexibility index (Phi) is 7.52. The van der Waals surface area contributed by atoms with Crippen LogP contribution in [0.25, 0.3) is 5.69 Å². The van der Waals surface area contributed by atoms with E-state index >= 15 is 0 Å². The van der Waals surface area contributed by atoms with Gasteiger partial charge < -0.3 is 10.1 Å². The summed E-state index contributed by atoms with van der Waals surface area (Å²) in [4.78, 5) is 35.7. The van der Waals surface area contributed by atoms with Crippen LogP contribution in [0.2, 0.25) is 0 Å². The van der Waals surface area contributed by atoms with E-state index in [2.05, 4.69) is 15.7 Å². The van der Waals surface area contributed by atoms with Crippen molar-refractivity contribution in [2.24, 2.45) is 0 Å². The monoisotopic (exact) mass is 400 g/mol. The van der Waals surface area contributed by atoms with Gasteiger partial charge in [-0.25, -0.2) is 9.48 Å². The maximum absolute atomic E-state index is 12.2. The molecule has 1 atom stereocenters. The molecule has 0 fully saturated rings. The standard InChI is InChI=1S/C21H28N4O4/c1-13(2)22-21(28)23-20(27)16(5)29-19(26)12-11-18-14(3)24-25(15(18)4)17-9-7-6-8-10-17/h6-10,13,16H,11-12H2,1-5H3,(H2,22,23,27,28)/t16-/m0/s1. The van der Waals surface area contributed by atoms with Crippen molar-refractivity contribution in [3.05, 3.63) is 47.3 Å². The molecule has 0 saturated carbocycles. The summed E-state index contributed by atoms with van der Waals surface area (Å²) >= 11 is 0. The molecule has 1 aromatic carbocycles. The third-order valence-corrected chi connectivity index (χ3v) is 4.36. The topological polar surface area (TPSA) is 102 Å². The molecule has 1 aromatic heterocycles. The smallest absolute Gasteiger partial charge is 0.321 e. The average molecular weight is 400 g/mol. The molecule has 0 aliphatic rings.